The lowest BCUT2D eigenvalue weighted by atomic mass is 9.59. The normalized spacial score (nSPS) is 21.6. The number of nitrogens with one attached hydrogen (secondary N) is 1. The summed E-state index contributed by atoms with van der Waals surface area (Å²) >= 11 is 13.1. The lowest BCUT2D eigenvalue weighted by Crippen LogP contribution is -2.49. The largest absolute Gasteiger partial charge is 0.464 e. The van der Waals surface area contributed by atoms with E-state index in [0.717, 1.165) is 38.5 Å². The number of fused-ring (bicyclic) bond motifs is 1. The highest BCUT2D eigenvalue weighted by atomic mass is 35.5. The molecule has 0 amide bonds. The van der Waals surface area contributed by atoms with Gasteiger partial charge < -0.3 is 9.47 Å². The monoisotopic (exact) mass is 659 g/mol. The average Bonchev–Trinajstić information content (AvgIpc) is 3.25. The smallest absolute Gasteiger partial charge is 0.342 e. The van der Waals surface area contributed by atoms with E-state index < -0.39 is 11.7 Å². The standard InChI is InChI=1S/C36H51Cl2N3O4/c1-10-12-13-22(11-2)20-44-33-39-31-28(27(23-14-16-24(37)17-15-23)30(38)41(31)34(43)40-33)32(42)45-29-25(35(4,5)6)18-21(3)19-26(29)36(7,8)9/h14-17,21-22,25-26,29H,10-13,18-20H2,1-9H3,(H,39,40,43). The van der Waals surface area contributed by atoms with Gasteiger partial charge in [0.15, 0.2) is 5.65 Å². The Balaban J connectivity index is 1.86. The maximum absolute atomic E-state index is 14.6. The molecule has 1 N–H and O–H groups in total. The fourth-order valence-electron chi connectivity index (χ4n) is 6.88. The lowest BCUT2D eigenvalue weighted by Gasteiger charge is -2.50. The van der Waals surface area contributed by atoms with Gasteiger partial charge in [-0.2, -0.15) is 4.98 Å². The van der Waals surface area contributed by atoms with Crippen molar-refractivity contribution < 1.29 is 14.3 Å². The molecule has 0 bridgehead atoms. The van der Waals surface area contributed by atoms with Crippen molar-refractivity contribution in [1.82, 2.24) is 14.4 Å². The second kappa shape index (κ2) is 14.1. The number of rotatable bonds is 10. The summed E-state index contributed by atoms with van der Waals surface area (Å²) in [7, 11) is 0. The summed E-state index contributed by atoms with van der Waals surface area (Å²) < 4.78 is 13.9. The predicted octanol–water partition coefficient (Wildman–Crippen LogP) is 9.87. The average molecular weight is 661 g/mol. The fourth-order valence-corrected chi connectivity index (χ4v) is 7.37. The van der Waals surface area contributed by atoms with Crippen LogP contribution < -0.4 is 10.4 Å². The third kappa shape index (κ3) is 7.90. The highest BCUT2D eigenvalue weighted by molar-refractivity contribution is 6.34. The number of benzene rings is 1. The summed E-state index contributed by atoms with van der Waals surface area (Å²) in [5, 5.41) is 0.617. The van der Waals surface area contributed by atoms with Gasteiger partial charge in [0, 0.05) is 22.4 Å². The molecule has 45 heavy (non-hydrogen) atoms. The van der Waals surface area contributed by atoms with Crippen LogP contribution in [-0.2, 0) is 4.74 Å². The van der Waals surface area contributed by atoms with E-state index in [1.165, 1.54) is 4.40 Å². The van der Waals surface area contributed by atoms with Gasteiger partial charge >= 0.3 is 11.7 Å². The molecule has 0 aliphatic heterocycles. The van der Waals surface area contributed by atoms with Crippen molar-refractivity contribution in [3.63, 3.8) is 0 Å². The zero-order valence-electron chi connectivity index (χ0n) is 28.4. The number of nitrogens with zero attached hydrogens (tertiary/aromatic N) is 2. The highest BCUT2D eigenvalue weighted by Gasteiger charge is 2.48. The van der Waals surface area contributed by atoms with E-state index in [1.807, 2.05) is 0 Å². The Labute approximate surface area is 278 Å². The summed E-state index contributed by atoms with van der Waals surface area (Å²) in [6, 6.07) is 7.07. The number of hydrogen-bond acceptors (Lipinski definition) is 5. The number of unbranched alkanes of at least 4 members (excludes halogenated alkanes) is 1. The molecule has 0 spiro atoms. The molecule has 3 atom stereocenters. The molecule has 3 aromatic rings. The third-order valence-corrected chi connectivity index (χ3v) is 10.2. The minimum atomic E-state index is -0.550. The first-order chi connectivity index (χ1) is 21.1. The molecule has 0 saturated heterocycles. The van der Waals surface area contributed by atoms with E-state index >= 15 is 0 Å². The van der Waals surface area contributed by atoms with Gasteiger partial charge in [-0.05, 0) is 59.6 Å². The molecule has 9 heteroatoms. The molecule has 7 nitrogen and oxygen atoms in total. The van der Waals surface area contributed by atoms with Gasteiger partial charge in [0.05, 0.1) is 6.61 Å². The van der Waals surface area contributed by atoms with Crippen LogP contribution in [0.15, 0.2) is 29.1 Å². The van der Waals surface area contributed by atoms with Crippen molar-refractivity contribution in [1.29, 1.82) is 0 Å². The molecular weight excluding hydrogens is 609 g/mol. The van der Waals surface area contributed by atoms with Gasteiger partial charge in [0.1, 0.15) is 16.8 Å². The second-order valence-electron chi connectivity index (χ2n) is 15.2. The van der Waals surface area contributed by atoms with Crippen LogP contribution in [0.4, 0.5) is 0 Å². The summed E-state index contributed by atoms with van der Waals surface area (Å²) in [5.74, 6) is 0.565. The molecule has 4 rings (SSSR count). The summed E-state index contributed by atoms with van der Waals surface area (Å²) in [5.41, 5.74) is 0.550. The Kier molecular flexibility index (Phi) is 11.1. The first kappa shape index (κ1) is 35.3. The minimum absolute atomic E-state index is 0.0555. The van der Waals surface area contributed by atoms with Crippen molar-refractivity contribution in [2.24, 2.45) is 34.5 Å². The van der Waals surface area contributed by atoms with Crippen LogP contribution >= 0.6 is 23.2 Å². The zero-order valence-corrected chi connectivity index (χ0v) is 29.9. The van der Waals surface area contributed by atoms with Gasteiger partial charge in [-0.25, -0.2) is 14.0 Å². The number of ether oxygens (including phenoxy) is 2. The summed E-state index contributed by atoms with van der Waals surface area (Å²) in [6.07, 6.45) is 5.77. The molecule has 2 heterocycles. The molecule has 248 valence electrons. The molecule has 0 radical (unpaired) electrons. The van der Waals surface area contributed by atoms with Gasteiger partial charge in [0.25, 0.3) is 6.01 Å². The maximum Gasteiger partial charge on any atom is 0.342 e. The molecule has 1 aliphatic rings. The Morgan fingerprint density at radius 1 is 1.04 bits per heavy atom. The van der Waals surface area contributed by atoms with Crippen LogP contribution in [0.3, 0.4) is 0 Å². The Bertz CT molecular complexity index is 1510. The minimum Gasteiger partial charge on any atom is -0.464 e. The van der Waals surface area contributed by atoms with Crippen molar-refractivity contribution >= 4 is 34.8 Å². The van der Waals surface area contributed by atoms with Crippen molar-refractivity contribution in [2.75, 3.05) is 6.61 Å². The second-order valence-corrected chi connectivity index (χ2v) is 16.0. The van der Waals surface area contributed by atoms with Crippen molar-refractivity contribution in [3.05, 3.63) is 50.5 Å². The Hall–Kier alpha value is -2.51. The van der Waals surface area contributed by atoms with Crippen LogP contribution in [0, 0.1) is 34.5 Å². The van der Waals surface area contributed by atoms with E-state index in [9.17, 15) is 9.59 Å². The van der Waals surface area contributed by atoms with E-state index in [0.29, 0.717) is 34.6 Å². The number of esters is 1. The number of carbonyl (C=O) groups excluding carboxylic acids is 1. The molecule has 1 aliphatic carbocycles. The van der Waals surface area contributed by atoms with Crippen LogP contribution in [0.5, 0.6) is 6.01 Å². The van der Waals surface area contributed by atoms with Crippen molar-refractivity contribution in [2.45, 2.75) is 107 Å². The molecule has 1 saturated carbocycles. The summed E-state index contributed by atoms with van der Waals surface area (Å²) in [4.78, 5) is 35.5. The molecule has 2 aromatic heterocycles. The third-order valence-electron chi connectivity index (χ3n) is 9.62. The molecular formula is C36H51Cl2N3O4. The topological polar surface area (TPSA) is 85.7 Å². The maximum atomic E-state index is 14.6. The Morgan fingerprint density at radius 3 is 2.18 bits per heavy atom. The lowest BCUT2D eigenvalue weighted by molar-refractivity contribution is -0.0922. The Morgan fingerprint density at radius 2 is 1.64 bits per heavy atom. The van der Waals surface area contributed by atoms with E-state index in [2.05, 4.69) is 72.3 Å². The van der Waals surface area contributed by atoms with Crippen LogP contribution in [0.25, 0.3) is 16.8 Å². The number of aromatic nitrogens is 3. The van der Waals surface area contributed by atoms with Crippen LogP contribution in [0.1, 0.15) is 111 Å². The molecule has 3 unspecified atom stereocenters. The fraction of sp³-hybridized carbons (Fsp3) is 0.639. The van der Waals surface area contributed by atoms with Crippen LogP contribution in [0.2, 0.25) is 10.2 Å². The van der Waals surface area contributed by atoms with Crippen molar-refractivity contribution in [3.8, 4) is 17.1 Å². The molecule has 1 fully saturated rings. The number of hydrogen-bond donors (Lipinski definition) is 1. The highest BCUT2D eigenvalue weighted by Crippen LogP contribution is 2.50. The number of H-pyrrole nitrogens is 1. The van der Waals surface area contributed by atoms with Gasteiger partial charge in [-0.15, -0.1) is 0 Å². The predicted molar refractivity (Wildman–Crippen MR) is 184 cm³/mol. The van der Waals surface area contributed by atoms with Crippen LogP contribution in [-0.4, -0.2) is 33.0 Å². The van der Waals surface area contributed by atoms with Gasteiger partial charge in [0.2, 0.25) is 0 Å². The van der Waals surface area contributed by atoms with E-state index in [1.54, 1.807) is 24.3 Å². The first-order valence-electron chi connectivity index (χ1n) is 16.5. The number of halogens is 2. The van der Waals surface area contributed by atoms with Gasteiger partial charge in [-0.3, -0.25) is 4.98 Å². The van der Waals surface area contributed by atoms with Gasteiger partial charge in [-0.1, -0.05) is 117 Å². The number of carbonyl (C=O) groups is 1. The first-order valence-corrected chi connectivity index (χ1v) is 17.3. The number of aromatic amines is 1. The summed E-state index contributed by atoms with van der Waals surface area (Å²) in [6.45, 7) is 20.3. The SMILES string of the molecule is CCCCC(CC)COc1nc2c(C(=O)OC3C(C(C)(C)C)CC(C)CC3C(C)(C)C)c(-c3ccc(Cl)cc3)c(Cl)n2c(=O)[nH]1. The van der Waals surface area contributed by atoms with E-state index in [4.69, 9.17) is 32.7 Å². The zero-order chi connectivity index (χ0) is 33.3. The quantitative estimate of drug-likeness (QED) is 0.219. The molecule has 1 aromatic carbocycles. The van der Waals surface area contributed by atoms with E-state index in [-0.39, 0.29) is 51.1 Å².